The van der Waals surface area contributed by atoms with Crippen LogP contribution in [0.2, 0.25) is 0 Å². The van der Waals surface area contributed by atoms with Gasteiger partial charge in [-0.25, -0.2) is 54.5 Å². The number of hydrogen-bond acceptors (Lipinski definition) is 43. The van der Waals surface area contributed by atoms with Crippen molar-refractivity contribution in [1.29, 1.82) is 0 Å². The molecular weight excluding hydrogens is 1890 g/mol. The summed E-state index contributed by atoms with van der Waals surface area (Å²) in [6, 6.07) is 0. The van der Waals surface area contributed by atoms with E-state index in [1.165, 1.54) is 146 Å². The zero-order valence-corrected chi connectivity index (χ0v) is 78.1. The summed E-state index contributed by atoms with van der Waals surface area (Å²) in [4.78, 5) is 166. The number of nitrogens with one attached hydrogen (secondary N) is 8. The number of aryl methyl sites for hydroxylation is 12. The number of aromatic amines is 8. The number of nitrogens with zero attached hydrogens (tertiary/aromatic N) is 25. The fraction of sp³-hybridized carbons (Fsp3) is 0.311. The monoisotopic (exact) mass is 1980 g/mol. The minimum absolute atomic E-state index is 0.183. The largest absolute Gasteiger partial charge is 0.490 e. The van der Waals surface area contributed by atoms with Crippen molar-refractivity contribution in [1.82, 2.24) is 165 Å². The molecular formula is C74H82IN33O18S4. The van der Waals surface area contributed by atoms with E-state index < -0.39 is 22.9 Å². The molecule has 0 saturated heterocycles. The van der Waals surface area contributed by atoms with Crippen LogP contribution in [0.1, 0.15) is 69.3 Å². The summed E-state index contributed by atoms with van der Waals surface area (Å²) < 4.78 is 43.1. The summed E-state index contributed by atoms with van der Waals surface area (Å²) in [6.07, 6.45) is 8.72. The summed E-state index contributed by atoms with van der Waals surface area (Å²) in [5.41, 5.74) is 4.56. The first-order valence-electron chi connectivity index (χ1n) is 37.4. The Balaban J connectivity index is 0.000000154. The van der Waals surface area contributed by atoms with Gasteiger partial charge in [-0.3, -0.25) is 43.0 Å². The Labute approximate surface area is 760 Å². The van der Waals surface area contributed by atoms with Crippen LogP contribution in [0.5, 0.6) is 57.8 Å². The van der Waals surface area contributed by atoms with E-state index in [1.807, 2.05) is 30.0 Å². The van der Waals surface area contributed by atoms with E-state index in [4.69, 9.17) is 37.9 Å². The molecule has 0 aromatic carbocycles. The van der Waals surface area contributed by atoms with Crippen LogP contribution in [0.15, 0.2) is 79.3 Å². The van der Waals surface area contributed by atoms with E-state index in [2.05, 4.69) is 169 Å². The molecule has 0 aliphatic heterocycles. The SMILES string of the molecule is COc1c(C)nc(-c2cn(C)nn2)[nH]c1=O.COc1c(C)nc(-c2cnn(C)n2)[nH]c1=O.COc1c(C)nc(-c2cnnn2C)[nH]c1=O.COc1c(C)nc(-c2csc(C)n2)[nH]c1=O.COc1c(C)nc(-c2nc(C)cs2)[nH]c1=O.COc1c(C)nc(-c2nnn(C)n2)[nH]c1=O.COc1c(O)nc(-c2nc(C3CC3)cs2)[nH]c1=O.COc1c(O)nc(-c2ncc(I)s2)[nH]c1=O. The molecule has 0 radical (unpaired) electrons. The second-order valence-electron chi connectivity index (χ2n) is 26.5. The van der Waals surface area contributed by atoms with E-state index in [0.29, 0.717) is 107 Å². The summed E-state index contributed by atoms with van der Waals surface area (Å²) >= 11 is 7.84. The summed E-state index contributed by atoms with van der Waals surface area (Å²) in [5.74, 6) is 3.86. The van der Waals surface area contributed by atoms with E-state index in [-0.39, 0.29) is 103 Å². The number of hydrogen-bond donors (Lipinski definition) is 10. The van der Waals surface area contributed by atoms with Crippen LogP contribution >= 0.6 is 67.9 Å². The van der Waals surface area contributed by atoms with Crippen molar-refractivity contribution in [2.75, 3.05) is 56.9 Å². The third-order valence-corrected chi connectivity index (χ3v) is 21.4. The predicted molar refractivity (Wildman–Crippen MR) is 479 cm³/mol. The first kappa shape index (κ1) is 97.0. The lowest BCUT2D eigenvalue weighted by atomic mass is 10.3. The van der Waals surface area contributed by atoms with Gasteiger partial charge in [-0.15, -0.1) is 65.7 Å². The van der Waals surface area contributed by atoms with Crippen LogP contribution < -0.4 is 82.4 Å². The number of methoxy groups -OCH3 is 8. The number of aromatic hydroxyl groups is 2. The average Bonchev–Trinajstić information content (AvgIpc) is 1.64. The second-order valence-corrected chi connectivity index (χ2v) is 32.2. The number of aromatic nitrogens is 33. The maximum Gasteiger partial charge on any atom is 0.297 e. The summed E-state index contributed by atoms with van der Waals surface area (Å²) in [7, 11) is 18.0. The molecule has 682 valence electrons. The standard InChI is InChI=1S/C11H11N3O3S.2C10H11N3O2S.3C9H11N5O2.C8H6IN3O3S.C8H10N6O2/c1-17-7-9(15)13-8(14-10(7)16)11-12-6(4-18-11)5-2-3-5;1-5-8(15-3)10(14)13-9(11-5)7-4-16-6(2)12-7;1-5-4-16-10(11-5)8-12-6(2)7(15-3)9(14)13-8;1-5-7(16-3)9(15)11-8(10-5)6-4-14(2)13-12-6;1-5-7(16-3)9(15)12-8(11-5)6-4-10-13-14(6)2;1-5-7(16-3)9(15)12-8(11-5)6-4-10-14(2)13-6;1-15-4-6(13)11-5(12-7(4)14)8-10-2-3(9)16-8;1-4-5(16-3)8(15)10-6(9-4)7-11-13-14(2)12-7/h4-5H,2-3H2,1H3,(H2,13,14,15,16);4H,1-3H3,(H,11,13,14);4H,1-3H3,(H,12,13,14);4H,1-3H3,(H,10,11,15);2*4H,1-3H3,(H,11,12,15);2H,1H3,(H2,11,12,13,14);1-3H3,(H,9,10,15). The molecule has 1 aliphatic rings. The van der Waals surface area contributed by atoms with E-state index in [0.717, 1.165) is 19.3 Å². The molecule has 16 heterocycles. The van der Waals surface area contributed by atoms with Gasteiger partial charge in [-0.05, 0) is 96.0 Å². The minimum Gasteiger partial charge on any atom is -0.490 e. The molecule has 16 aromatic rings. The van der Waals surface area contributed by atoms with Gasteiger partial charge in [-0.2, -0.15) is 29.8 Å². The van der Waals surface area contributed by atoms with Crippen LogP contribution in [0, 0.1) is 58.3 Å². The van der Waals surface area contributed by atoms with Crippen LogP contribution in [-0.2, 0) is 28.2 Å². The minimum atomic E-state index is -0.532. The molecule has 1 saturated carbocycles. The molecule has 0 atom stereocenters. The van der Waals surface area contributed by atoms with Gasteiger partial charge < -0.3 is 88.0 Å². The number of rotatable bonds is 17. The highest BCUT2D eigenvalue weighted by molar-refractivity contribution is 14.1. The fourth-order valence-electron chi connectivity index (χ4n) is 11.1. The highest BCUT2D eigenvalue weighted by Crippen LogP contribution is 2.41. The molecule has 0 unspecified atom stereocenters. The Morgan fingerprint density at radius 3 is 1.17 bits per heavy atom. The molecule has 130 heavy (non-hydrogen) atoms. The van der Waals surface area contributed by atoms with E-state index >= 15 is 0 Å². The van der Waals surface area contributed by atoms with Crippen molar-refractivity contribution < 1.29 is 48.1 Å². The zero-order chi connectivity index (χ0) is 94.6. The van der Waals surface area contributed by atoms with Crippen LogP contribution in [0.4, 0.5) is 0 Å². The highest BCUT2D eigenvalue weighted by atomic mass is 127. The third-order valence-electron chi connectivity index (χ3n) is 17.1. The number of tetrazole rings is 1. The molecule has 0 bridgehead atoms. The second kappa shape index (κ2) is 43.8. The smallest absolute Gasteiger partial charge is 0.297 e. The lowest BCUT2D eigenvalue weighted by Crippen LogP contribution is -2.14. The zero-order valence-electron chi connectivity index (χ0n) is 72.7. The van der Waals surface area contributed by atoms with Gasteiger partial charge >= 0.3 is 0 Å². The third kappa shape index (κ3) is 24.3. The molecule has 51 nitrogen and oxygen atoms in total. The normalized spacial score (nSPS) is 11.0. The van der Waals surface area contributed by atoms with Gasteiger partial charge in [0, 0.05) is 48.9 Å². The van der Waals surface area contributed by atoms with Gasteiger partial charge in [0.1, 0.15) is 22.8 Å². The van der Waals surface area contributed by atoms with Crippen molar-refractivity contribution >= 4 is 67.9 Å². The average molecular weight is 1980 g/mol. The first-order chi connectivity index (χ1) is 62.0. The van der Waals surface area contributed by atoms with Gasteiger partial charge in [0.15, 0.2) is 61.6 Å². The lowest BCUT2D eigenvalue weighted by molar-refractivity contribution is 0.357. The van der Waals surface area contributed by atoms with E-state index in [9.17, 15) is 48.6 Å². The number of ether oxygens (including phenoxy) is 8. The maximum absolute atomic E-state index is 11.6. The van der Waals surface area contributed by atoms with Crippen molar-refractivity contribution in [3.8, 4) is 148 Å². The van der Waals surface area contributed by atoms with Crippen molar-refractivity contribution in [3.63, 3.8) is 0 Å². The molecule has 0 spiro atoms. The molecule has 1 fully saturated rings. The Morgan fingerprint density at radius 1 is 0.392 bits per heavy atom. The van der Waals surface area contributed by atoms with Gasteiger partial charge in [0.05, 0.1) is 136 Å². The Morgan fingerprint density at radius 2 is 0.800 bits per heavy atom. The summed E-state index contributed by atoms with van der Waals surface area (Å²) in [5, 5.41) is 62.0. The molecule has 17 rings (SSSR count). The van der Waals surface area contributed by atoms with E-state index in [1.54, 1.807) is 82.1 Å². The number of halogens is 1. The molecule has 16 aromatic heterocycles. The Hall–Kier alpha value is -15.2. The Bertz CT molecular complexity index is 6380. The predicted octanol–water partition coefficient (Wildman–Crippen LogP) is 4.66. The highest BCUT2D eigenvalue weighted by Gasteiger charge is 2.28. The Kier molecular flexibility index (Phi) is 32.7. The van der Waals surface area contributed by atoms with Crippen LogP contribution in [0.25, 0.3) is 90.2 Å². The molecule has 10 N–H and O–H groups in total. The van der Waals surface area contributed by atoms with Crippen molar-refractivity contribution in [2.45, 2.75) is 74.1 Å². The van der Waals surface area contributed by atoms with Gasteiger partial charge in [-0.1, -0.05) is 10.4 Å². The fourth-order valence-corrected chi connectivity index (χ4v) is 14.6. The van der Waals surface area contributed by atoms with Crippen molar-refractivity contribution in [3.05, 3.63) is 177 Å². The quantitative estimate of drug-likeness (QED) is 0.0554. The molecule has 56 heteroatoms. The molecule has 1 aliphatic carbocycles. The lowest BCUT2D eigenvalue weighted by Gasteiger charge is -2.05. The molecule has 0 amide bonds. The topological polar surface area (TPSA) is 668 Å². The van der Waals surface area contributed by atoms with Gasteiger partial charge in [0.2, 0.25) is 51.8 Å². The maximum atomic E-state index is 11.6. The van der Waals surface area contributed by atoms with Crippen molar-refractivity contribution in [2.24, 2.45) is 28.2 Å². The summed E-state index contributed by atoms with van der Waals surface area (Å²) in [6.45, 7) is 14.1. The number of H-pyrrole nitrogens is 8. The van der Waals surface area contributed by atoms with Gasteiger partial charge in [0.25, 0.3) is 56.2 Å². The van der Waals surface area contributed by atoms with Crippen LogP contribution in [-0.4, -0.2) is 232 Å². The first-order valence-corrected chi connectivity index (χ1v) is 41.9. The number of thiazole rings is 4. The van der Waals surface area contributed by atoms with Crippen LogP contribution in [0.3, 0.4) is 0 Å².